The summed E-state index contributed by atoms with van der Waals surface area (Å²) in [6, 6.07) is 18.3. The molecule has 0 amide bonds. The molecular formula is C28H33N3O2. The first-order valence-electron chi connectivity index (χ1n) is 11.3. The van der Waals surface area contributed by atoms with Gasteiger partial charge in [0.15, 0.2) is 5.65 Å². The maximum Gasteiger partial charge on any atom is 0.164 e. The quantitative estimate of drug-likeness (QED) is 0.353. The molecule has 0 aliphatic heterocycles. The molecule has 0 saturated carbocycles. The molecule has 5 heteroatoms. The van der Waals surface area contributed by atoms with Gasteiger partial charge in [-0.05, 0) is 35.9 Å². The van der Waals surface area contributed by atoms with Crippen molar-refractivity contribution in [3.8, 4) is 33.9 Å². The minimum absolute atomic E-state index is 0.0979. The number of aromatic nitrogens is 3. The van der Waals surface area contributed by atoms with Gasteiger partial charge >= 0.3 is 0 Å². The van der Waals surface area contributed by atoms with Gasteiger partial charge in [-0.2, -0.15) is 5.10 Å². The largest absolute Gasteiger partial charge is 0.497 e. The topological polar surface area (TPSA) is 48.7 Å². The molecule has 2 heterocycles. The normalized spacial score (nSPS) is 12.2. The average molecular weight is 444 g/mol. The molecule has 0 spiro atoms. The molecule has 4 rings (SSSR count). The van der Waals surface area contributed by atoms with Crippen LogP contribution in [0.2, 0.25) is 0 Å². The molecule has 0 unspecified atom stereocenters. The van der Waals surface area contributed by atoms with Crippen LogP contribution < -0.4 is 9.47 Å². The molecule has 5 nitrogen and oxygen atoms in total. The van der Waals surface area contributed by atoms with Crippen molar-refractivity contribution in [3.63, 3.8) is 0 Å². The smallest absolute Gasteiger partial charge is 0.164 e. The van der Waals surface area contributed by atoms with Crippen LogP contribution in [0.5, 0.6) is 11.5 Å². The van der Waals surface area contributed by atoms with Gasteiger partial charge in [0.2, 0.25) is 0 Å². The van der Waals surface area contributed by atoms with Crippen LogP contribution in [0.1, 0.15) is 52.9 Å². The predicted octanol–water partition coefficient (Wildman–Crippen LogP) is 6.68. The maximum absolute atomic E-state index is 5.50. The van der Waals surface area contributed by atoms with E-state index in [1.165, 1.54) is 0 Å². The Hall–Kier alpha value is -3.34. The van der Waals surface area contributed by atoms with E-state index in [9.17, 15) is 0 Å². The van der Waals surface area contributed by atoms with Gasteiger partial charge in [0.1, 0.15) is 17.2 Å². The average Bonchev–Trinajstić information content (AvgIpc) is 3.16. The van der Waals surface area contributed by atoms with Gasteiger partial charge in [0.25, 0.3) is 0 Å². The Balaban J connectivity index is 2.13. The van der Waals surface area contributed by atoms with Crippen LogP contribution in [-0.4, -0.2) is 28.8 Å². The lowest BCUT2D eigenvalue weighted by Crippen LogP contribution is -2.22. The fourth-order valence-electron chi connectivity index (χ4n) is 3.93. The zero-order chi connectivity index (χ0) is 24.0. The van der Waals surface area contributed by atoms with Crippen LogP contribution in [-0.2, 0) is 10.8 Å². The summed E-state index contributed by atoms with van der Waals surface area (Å²) in [6.07, 6.45) is 0. The Morgan fingerprint density at radius 2 is 1.39 bits per heavy atom. The van der Waals surface area contributed by atoms with Crippen LogP contribution in [0.3, 0.4) is 0 Å². The fourth-order valence-corrected chi connectivity index (χ4v) is 3.93. The molecule has 172 valence electrons. The highest BCUT2D eigenvalue weighted by atomic mass is 16.5. The number of fused-ring (bicyclic) bond motifs is 1. The highest BCUT2D eigenvalue weighted by Gasteiger charge is 2.28. The van der Waals surface area contributed by atoms with Gasteiger partial charge in [0, 0.05) is 16.4 Å². The number of ether oxygens (including phenoxy) is 2. The van der Waals surface area contributed by atoms with Gasteiger partial charge in [-0.25, -0.2) is 9.50 Å². The molecule has 2 aromatic carbocycles. The number of nitrogens with zero attached hydrogens (tertiary/aromatic N) is 3. The molecule has 0 fully saturated rings. The standard InChI is InChI=1S/C28H33N3O2/c1-27(2,3)22-17-23(28(4,5)6)31-26(29-22)24(18-12-14-20(32-7)15-13-18)25(30-31)19-10-9-11-21(16-19)33-8/h9-17H,1-8H3. The molecule has 33 heavy (non-hydrogen) atoms. The fraction of sp³-hybridized carbons (Fsp3) is 0.357. The first kappa shape index (κ1) is 22.8. The van der Waals surface area contributed by atoms with Crippen molar-refractivity contribution in [1.82, 2.24) is 14.6 Å². The third-order valence-corrected chi connectivity index (χ3v) is 5.85. The summed E-state index contributed by atoms with van der Waals surface area (Å²) < 4.78 is 12.9. The number of rotatable bonds is 4. The van der Waals surface area contributed by atoms with Gasteiger partial charge in [0.05, 0.1) is 31.2 Å². The van der Waals surface area contributed by atoms with E-state index < -0.39 is 0 Å². The maximum atomic E-state index is 5.50. The summed E-state index contributed by atoms with van der Waals surface area (Å²) in [6.45, 7) is 13.2. The summed E-state index contributed by atoms with van der Waals surface area (Å²) in [5.74, 6) is 1.61. The summed E-state index contributed by atoms with van der Waals surface area (Å²) in [5.41, 5.74) is 6.73. The molecule has 0 bridgehead atoms. The lowest BCUT2D eigenvalue weighted by atomic mass is 9.86. The summed E-state index contributed by atoms with van der Waals surface area (Å²) >= 11 is 0. The Morgan fingerprint density at radius 1 is 0.727 bits per heavy atom. The zero-order valence-corrected chi connectivity index (χ0v) is 20.9. The van der Waals surface area contributed by atoms with E-state index in [0.717, 1.165) is 50.9 Å². The molecule has 0 radical (unpaired) electrons. The predicted molar refractivity (Wildman–Crippen MR) is 134 cm³/mol. The summed E-state index contributed by atoms with van der Waals surface area (Å²) in [5, 5.41) is 5.13. The van der Waals surface area contributed by atoms with E-state index in [2.05, 4.69) is 65.8 Å². The molecule has 0 N–H and O–H groups in total. The molecule has 0 aliphatic rings. The monoisotopic (exact) mass is 443 g/mol. The van der Waals surface area contributed by atoms with Crippen molar-refractivity contribution < 1.29 is 9.47 Å². The molecule has 2 aromatic heterocycles. The number of hydrogen-bond donors (Lipinski definition) is 0. The third kappa shape index (κ3) is 4.32. The second kappa shape index (κ2) is 8.22. The summed E-state index contributed by atoms with van der Waals surface area (Å²) in [7, 11) is 3.36. The van der Waals surface area contributed by atoms with Crippen molar-refractivity contribution in [3.05, 3.63) is 66.0 Å². The Bertz CT molecular complexity index is 1290. The summed E-state index contributed by atoms with van der Waals surface area (Å²) in [4.78, 5) is 5.17. The number of hydrogen-bond acceptors (Lipinski definition) is 4. The Kier molecular flexibility index (Phi) is 5.69. The molecule has 0 saturated heterocycles. The van der Waals surface area contributed by atoms with Crippen LogP contribution in [0.15, 0.2) is 54.6 Å². The van der Waals surface area contributed by atoms with Crippen LogP contribution in [0.25, 0.3) is 28.0 Å². The first-order valence-corrected chi connectivity index (χ1v) is 11.3. The second-order valence-corrected chi connectivity index (χ2v) is 10.4. The van der Waals surface area contributed by atoms with E-state index in [4.69, 9.17) is 19.6 Å². The second-order valence-electron chi connectivity index (χ2n) is 10.4. The van der Waals surface area contributed by atoms with E-state index in [0.29, 0.717) is 0 Å². The minimum Gasteiger partial charge on any atom is -0.497 e. The Labute approximate surface area is 196 Å². The highest BCUT2D eigenvalue weighted by molar-refractivity contribution is 5.91. The number of benzene rings is 2. The van der Waals surface area contributed by atoms with Crippen molar-refractivity contribution in [2.24, 2.45) is 0 Å². The van der Waals surface area contributed by atoms with Gasteiger partial charge in [-0.15, -0.1) is 0 Å². The molecule has 4 aromatic rings. The van der Waals surface area contributed by atoms with Gasteiger partial charge in [-0.3, -0.25) is 0 Å². The van der Waals surface area contributed by atoms with E-state index >= 15 is 0 Å². The highest BCUT2D eigenvalue weighted by Crippen LogP contribution is 2.39. The minimum atomic E-state index is -0.115. The number of methoxy groups -OCH3 is 2. The van der Waals surface area contributed by atoms with Gasteiger partial charge < -0.3 is 9.47 Å². The van der Waals surface area contributed by atoms with E-state index in [-0.39, 0.29) is 10.8 Å². The van der Waals surface area contributed by atoms with Gasteiger partial charge in [-0.1, -0.05) is 65.8 Å². The van der Waals surface area contributed by atoms with Crippen molar-refractivity contribution in [2.75, 3.05) is 14.2 Å². The van der Waals surface area contributed by atoms with Crippen LogP contribution in [0.4, 0.5) is 0 Å². The molecule has 0 aliphatic carbocycles. The van der Waals surface area contributed by atoms with Crippen LogP contribution >= 0.6 is 0 Å². The van der Waals surface area contributed by atoms with Crippen molar-refractivity contribution in [1.29, 1.82) is 0 Å². The van der Waals surface area contributed by atoms with E-state index in [1.54, 1.807) is 14.2 Å². The van der Waals surface area contributed by atoms with Crippen molar-refractivity contribution in [2.45, 2.75) is 52.4 Å². The zero-order valence-electron chi connectivity index (χ0n) is 20.9. The van der Waals surface area contributed by atoms with E-state index in [1.807, 2.05) is 34.8 Å². The first-order chi connectivity index (χ1) is 15.5. The lowest BCUT2D eigenvalue weighted by molar-refractivity contribution is 0.415. The van der Waals surface area contributed by atoms with Crippen LogP contribution in [0, 0.1) is 0 Å². The third-order valence-electron chi connectivity index (χ3n) is 5.85. The van der Waals surface area contributed by atoms with Crippen molar-refractivity contribution >= 4 is 5.65 Å². The SMILES string of the molecule is COc1ccc(-c2c(-c3cccc(OC)c3)nn3c(C(C)(C)C)cc(C(C)(C)C)nc23)cc1. The lowest BCUT2D eigenvalue weighted by Gasteiger charge is -2.25. The molecule has 0 atom stereocenters. The molecular weight excluding hydrogens is 410 g/mol. The Morgan fingerprint density at radius 3 is 1.97 bits per heavy atom.